The van der Waals surface area contributed by atoms with E-state index in [4.69, 9.17) is 4.74 Å². The van der Waals surface area contributed by atoms with E-state index in [9.17, 15) is 14.9 Å². The second-order valence-electron chi connectivity index (χ2n) is 4.95. The van der Waals surface area contributed by atoms with E-state index < -0.39 is 4.92 Å². The molecule has 0 unspecified atom stereocenters. The average molecular weight is 350 g/mol. The van der Waals surface area contributed by atoms with Gasteiger partial charge in [0.2, 0.25) is 0 Å². The van der Waals surface area contributed by atoms with Gasteiger partial charge in [-0.25, -0.2) is 9.79 Å². The van der Waals surface area contributed by atoms with Gasteiger partial charge in [-0.15, -0.1) is 11.3 Å². The van der Waals surface area contributed by atoms with Crippen LogP contribution in [0.1, 0.15) is 39.0 Å². The second-order valence-corrected chi connectivity index (χ2v) is 7.13. The molecule has 0 saturated heterocycles. The van der Waals surface area contributed by atoms with Gasteiger partial charge in [0, 0.05) is 17.2 Å². The van der Waals surface area contributed by atoms with Gasteiger partial charge in [0.1, 0.15) is 5.00 Å². The molecule has 2 aromatic rings. The normalized spacial score (nSPS) is 13.4. The van der Waals surface area contributed by atoms with Crippen molar-refractivity contribution in [2.24, 2.45) is 4.99 Å². The van der Waals surface area contributed by atoms with E-state index in [-0.39, 0.29) is 11.0 Å². The van der Waals surface area contributed by atoms with Gasteiger partial charge in [0.05, 0.1) is 22.0 Å². The summed E-state index contributed by atoms with van der Waals surface area (Å²) in [6, 6.07) is 3.10. The number of thiophene rings is 2. The number of rotatable bonds is 5. The van der Waals surface area contributed by atoms with E-state index in [2.05, 4.69) is 4.99 Å². The predicted molar refractivity (Wildman–Crippen MR) is 90.5 cm³/mol. The molecule has 2 aromatic heterocycles. The molecule has 0 bridgehead atoms. The van der Waals surface area contributed by atoms with Crippen LogP contribution in [0.2, 0.25) is 0 Å². The molecule has 1 aliphatic carbocycles. The molecule has 0 aromatic carbocycles. The molecule has 1 aliphatic rings. The minimum atomic E-state index is -0.425. The highest BCUT2D eigenvalue weighted by atomic mass is 32.1. The number of carbonyl (C=O) groups excluding carboxylic acids is 1. The standard InChI is InChI=1S/C15H14N2O4S2/c1-2-21-15(18)13-10-4-3-5-11(10)23-14(13)16-8-9-6-7-12(22-9)17(19)20/h6-8H,2-5H2,1H3. The summed E-state index contributed by atoms with van der Waals surface area (Å²) in [7, 11) is 0. The zero-order valence-corrected chi connectivity index (χ0v) is 14.0. The van der Waals surface area contributed by atoms with Crippen molar-refractivity contribution in [1.82, 2.24) is 0 Å². The van der Waals surface area contributed by atoms with E-state index in [0.717, 1.165) is 36.2 Å². The SMILES string of the molecule is CCOC(=O)c1c(N=Cc2ccc([N+](=O)[O-])s2)sc2c1CCC2. The molecule has 23 heavy (non-hydrogen) atoms. The van der Waals surface area contributed by atoms with Crippen molar-refractivity contribution in [1.29, 1.82) is 0 Å². The molecule has 0 saturated carbocycles. The van der Waals surface area contributed by atoms with Gasteiger partial charge in [-0.1, -0.05) is 11.3 Å². The summed E-state index contributed by atoms with van der Waals surface area (Å²) in [5.41, 5.74) is 1.62. The summed E-state index contributed by atoms with van der Waals surface area (Å²) in [6.45, 7) is 2.10. The Morgan fingerprint density at radius 2 is 2.26 bits per heavy atom. The average Bonchev–Trinajstić information content (AvgIpc) is 3.20. The number of ether oxygens (including phenoxy) is 1. The van der Waals surface area contributed by atoms with Gasteiger partial charge in [-0.3, -0.25) is 10.1 Å². The molecular weight excluding hydrogens is 336 g/mol. The van der Waals surface area contributed by atoms with E-state index in [0.29, 0.717) is 22.0 Å². The molecule has 0 N–H and O–H groups in total. The largest absolute Gasteiger partial charge is 0.462 e. The zero-order valence-electron chi connectivity index (χ0n) is 12.4. The minimum absolute atomic E-state index is 0.0748. The maximum absolute atomic E-state index is 12.2. The Morgan fingerprint density at radius 3 is 2.96 bits per heavy atom. The van der Waals surface area contributed by atoms with Crippen molar-refractivity contribution < 1.29 is 14.5 Å². The Morgan fingerprint density at radius 1 is 1.43 bits per heavy atom. The molecule has 3 rings (SSSR count). The lowest BCUT2D eigenvalue weighted by atomic mass is 10.1. The summed E-state index contributed by atoms with van der Waals surface area (Å²) in [5.74, 6) is -0.337. The number of aliphatic imine (C=N–C) groups is 1. The number of carbonyl (C=O) groups is 1. The van der Waals surface area contributed by atoms with E-state index in [1.54, 1.807) is 19.2 Å². The fourth-order valence-electron chi connectivity index (χ4n) is 2.53. The Balaban J connectivity index is 1.91. The van der Waals surface area contributed by atoms with Crippen LogP contribution in [0.5, 0.6) is 0 Å². The third-order valence-corrected chi connectivity index (χ3v) is 5.66. The van der Waals surface area contributed by atoms with Crippen LogP contribution in [-0.2, 0) is 17.6 Å². The third kappa shape index (κ3) is 3.18. The van der Waals surface area contributed by atoms with E-state index in [1.807, 2.05) is 0 Å². The van der Waals surface area contributed by atoms with Gasteiger partial charge < -0.3 is 4.74 Å². The Labute approximate surface area is 140 Å². The van der Waals surface area contributed by atoms with Crippen LogP contribution in [0, 0.1) is 10.1 Å². The van der Waals surface area contributed by atoms with Crippen LogP contribution in [0.3, 0.4) is 0 Å². The van der Waals surface area contributed by atoms with Gasteiger partial charge in [-0.05, 0) is 37.8 Å². The van der Waals surface area contributed by atoms with Crippen molar-refractivity contribution in [3.05, 3.63) is 43.1 Å². The first kappa shape index (κ1) is 15.8. The molecule has 0 aliphatic heterocycles. The minimum Gasteiger partial charge on any atom is -0.462 e. The summed E-state index contributed by atoms with van der Waals surface area (Å²) in [4.78, 5) is 28.8. The van der Waals surface area contributed by atoms with Gasteiger partial charge in [0.15, 0.2) is 0 Å². The van der Waals surface area contributed by atoms with Crippen LogP contribution < -0.4 is 0 Å². The summed E-state index contributed by atoms with van der Waals surface area (Å²) < 4.78 is 5.15. The van der Waals surface area contributed by atoms with Gasteiger partial charge in [0.25, 0.3) is 0 Å². The van der Waals surface area contributed by atoms with Crippen molar-refractivity contribution in [2.75, 3.05) is 6.61 Å². The van der Waals surface area contributed by atoms with E-state index in [1.165, 1.54) is 22.3 Å². The summed E-state index contributed by atoms with van der Waals surface area (Å²) in [6.07, 6.45) is 4.46. The molecular formula is C15H14N2O4S2. The molecule has 8 heteroatoms. The van der Waals surface area contributed by atoms with Crippen LogP contribution in [-0.4, -0.2) is 23.7 Å². The van der Waals surface area contributed by atoms with E-state index >= 15 is 0 Å². The molecule has 0 spiro atoms. The van der Waals surface area contributed by atoms with Crippen LogP contribution in [0.15, 0.2) is 17.1 Å². The number of nitro groups is 1. The predicted octanol–water partition coefficient (Wildman–Crippen LogP) is 4.13. The molecule has 6 nitrogen and oxygen atoms in total. The highest BCUT2D eigenvalue weighted by Crippen LogP contribution is 2.41. The van der Waals surface area contributed by atoms with Crippen molar-refractivity contribution >= 4 is 44.9 Å². The highest BCUT2D eigenvalue weighted by molar-refractivity contribution is 7.17. The van der Waals surface area contributed by atoms with Crippen LogP contribution >= 0.6 is 22.7 Å². The molecule has 2 heterocycles. The topological polar surface area (TPSA) is 81.8 Å². The van der Waals surface area contributed by atoms with Crippen molar-refractivity contribution in [2.45, 2.75) is 26.2 Å². The third-order valence-electron chi connectivity index (χ3n) is 3.48. The monoisotopic (exact) mass is 350 g/mol. The summed E-state index contributed by atoms with van der Waals surface area (Å²) in [5, 5.41) is 11.4. The molecule has 120 valence electrons. The van der Waals surface area contributed by atoms with Crippen molar-refractivity contribution in [3.63, 3.8) is 0 Å². The fourth-order valence-corrected chi connectivity index (χ4v) is 4.44. The number of hydrogen-bond acceptors (Lipinski definition) is 7. The first-order valence-corrected chi connectivity index (χ1v) is 8.83. The Bertz CT molecular complexity index is 791. The van der Waals surface area contributed by atoms with Crippen LogP contribution in [0.4, 0.5) is 10.0 Å². The lowest BCUT2D eigenvalue weighted by Gasteiger charge is -2.03. The van der Waals surface area contributed by atoms with Crippen molar-refractivity contribution in [3.8, 4) is 0 Å². The second kappa shape index (κ2) is 6.59. The van der Waals surface area contributed by atoms with Crippen LogP contribution in [0.25, 0.3) is 0 Å². The smallest absolute Gasteiger partial charge is 0.341 e. The van der Waals surface area contributed by atoms with Gasteiger partial charge in [-0.2, -0.15) is 0 Å². The van der Waals surface area contributed by atoms with Gasteiger partial charge >= 0.3 is 11.0 Å². The lowest BCUT2D eigenvalue weighted by Crippen LogP contribution is -2.06. The summed E-state index contributed by atoms with van der Waals surface area (Å²) >= 11 is 2.56. The Kier molecular flexibility index (Phi) is 4.53. The maximum Gasteiger partial charge on any atom is 0.341 e. The first-order valence-electron chi connectivity index (χ1n) is 7.20. The molecule has 0 amide bonds. The number of esters is 1. The fraction of sp³-hybridized carbons (Fsp3) is 0.333. The number of aryl methyl sites for hydroxylation is 1. The highest BCUT2D eigenvalue weighted by Gasteiger charge is 2.27. The first-order chi connectivity index (χ1) is 11.1. The number of fused-ring (bicyclic) bond motifs is 1. The Hall–Kier alpha value is -2.06. The zero-order chi connectivity index (χ0) is 16.4. The maximum atomic E-state index is 12.2. The number of nitrogens with zero attached hydrogens (tertiary/aromatic N) is 2. The number of hydrogen-bond donors (Lipinski definition) is 0. The lowest BCUT2D eigenvalue weighted by molar-refractivity contribution is -0.380. The molecule has 0 atom stereocenters. The quantitative estimate of drug-likeness (QED) is 0.351. The molecule has 0 radical (unpaired) electrons. The molecule has 0 fully saturated rings.